The smallest absolute Gasteiger partial charge is 0.254 e. The molecule has 3 heterocycles. The maximum absolute atomic E-state index is 12.6. The fourth-order valence-electron chi connectivity index (χ4n) is 4.43. The number of primary amides is 1. The number of thiophene rings is 1. The first-order chi connectivity index (χ1) is 13.0. The third kappa shape index (κ3) is 2.81. The molecule has 0 saturated heterocycles. The first kappa shape index (κ1) is 19.0. The van der Waals surface area contributed by atoms with E-state index in [1.54, 1.807) is 6.07 Å². The summed E-state index contributed by atoms with van der Waals surface area (Å²) in [4.78, 5) is 28.0. The SMILES string of the molecule is CC1NC(=O)c2ccccc2N1c1sc2c(c1C(N)=O)CC(C)(C)OC2(C)C. The maximum atomic E-state index is 12.6. The molecule has 7 heteroatoms. The second-order valence-electron chi connectivity index (χ2n) is 8.54. The van der Waals surface area contributed by atoms with Crippen molar-refractivity contribution >= 4 is 33.8 Å². The minimum Gasteiger partial charge on any atom is -0.365 e. The highest BCUT2D eigenvalue weighted by molar-refractivity contribution is 7.17. The van der Waals surface area contributed by atoms with Gasteiger partial charge in [-0.1, -0.05) is 12.1 Å². The molecule has 2 amide bonds. The van der Waals surface area contributed by atoms with Crippen LogP contribution >= 0.6 is 11.3 Å². The summed E-state index contributed by atoms with van der Waals surface area (Å²) in [6, 6.07) is 7.42. The Hall–Kier alpha value is -2.38. The van der Waals surface area contributed by atoms with Gasteiger partial charge in [-0.3, -0.25) is 9.59 Å². The number of carbonyl (C=O) groups is 2. The lowest BCUT2D eigenvalue weighted by molar-refractivity contribution is -0.135. The molecule has 0 fully saturated rings. The molecule has 2 aliphatic heterocycles. The summed E-state index contributed by atoms with van der Waals surface area (Å²) in [5.74, 6) is -0.575. The summed E-state index contributed by atoms with van der Waals surface area (Å²) >= 11 is 1.52. The summed E-state index contributed by atoms with van der Waals surface area (Å²) < 4.78 is 6.31. The Morgan fingerprint density at radius 3 is 2.64 bits per heavy atom. The number of ether oxygens (including phenoxy) is 1. The molecule has 6 nitrogen and oxygen atoms in total. The van der Waals surface area contributed by atoms with E-state index in [1.165, 1.54) is 11.3 Å². The van der Waals surface area contributed by atoms with Crippen LogP contribution in [0.15, 0.2) is 24.3 Å². The van der Waals surface area contributed by atoms with E-state index in [9.17, 15) is 9.59 Å². The standard InChI is InChI=1S/C21H25N3O3S/c1-11-23-18(26)12-8-6-7-9-14(12)24(11)19-15(17(22)25)13-10-20(2,3)27-21(4,5)16(13)28-19/h6-9,11H,10H2,1-5H3,(H2,22,25)(H,23,26). The molecular weight excluding hydrogens is 374 g/mol. The van der Waals surface area contributed by atoms with Crippen LogP contribution in [0.2, 0.25) is 0 Å². The fraction of sp³-hybridized carbons (Fsp3) is 0.429. The van der Waals surface area contributed by atoms with Crippen molar-refractivity contribution in [2.75, 3.05) is 4.90 Å². The van der Waals surface area contributed by atoms with Crippen molar-refractivity contribution in [3.05, 3.63) is 45.8 Å². The van der Waals surface area contributed by atoms with E-state index >= 15 is 0 Å². The van der Waals surface area contributed by atoms with Crippen molar-refractivity contribution in [3.63, 3.8) is 0 Å². The molecule has 28 heavy (non-hydrogen) atoms. The van der Waals surface area contributed by atoms with Gasteiger partial charge in [-0.2, -0.15) is 0 Å². The largest absolute Gasteiger partial charge is 0.365 e. The number of rotatable bonds is 2. The Balaban J connectivity index is 1.98. The molecule has 0 spiro atoms. The lowest BCUT2D eigenvalue weighted by Gasteiger charge is -2.41. The Kier molecular flexibility index (Phi) is 4.10. The predicted octanol–water partition coefficient (Wildman–Crippen LogP) is 3.66. The second kappa shape index (κ2) is 6.06. The van der Waals surface area contributed by atoms with Gasteiger partial charge in [0.2, 0.25) is 0 Å². The van der Waals surface area contributed by atoms with E-state index in [4.69, 9.17) is 10.5 Å². The summed E-state index contributed by atoms with van der Waals surface area (Å²) in [5.41, 5.74) is 7.77. The topological polar surface area (TPSA) is 84.7 Å². The average molecular weight is 400 g/mol. The Morgan fingerprint density at radius 1 is 1.29 bits per heavy atom. The minimum absolute atomic E-state index is 0.119. The van der Waals surface area contributed by atoms with E-state index in [1.807, 2.05) is 57.7 Å². The Labute approximate surface area is 168 Å². The zero-order chi connectivity index (χ0) is 20.4. The number of carbonyl (C=O) groups excluding carboxylic acids is 2. The molecule has 0 aliphatic carbocycles. The lowest BCUT2D eigenvalue weighted by atomic mass is 9.86. The van der Waals surface area contributed by atoms with E-state index in [0.717, 1.165) is 21.1 Å². The third-order valence-electron chi connectivity index (χ3n) is 5.27. The molecule has 3 N–H and O–H groups in total. The molecule has 0 bridgehead atoms. The van der Waals surface area contributed by atoms with Crippen LogP contribution in [0.1, 0.15) is 65.8 Å². The van der Waals surface area contributed by atoms with Crippen LogP contribution < -0.4 is 16.0 Å². The summed E-state index contributed by atoms with van der Waals surface area (Å²) in [7, 11) is 0. The van der Waals surface area contributed by atoms with Crippen molar-refractivity contribution in [3.8, 4) is 0 Å². The van der Waals surface area contributed by atoms with Gasteiger partial charge in [0.05, 0.1) is 28.0 Å². The maximum Gasteiger partial charge on any atom is 0.254 e. The van der Waals surface area contributed by atoms with Crippen LogP contribution in [-0.2, 0) is 16.8 Å². The van der Waals surface area contributed by atoms with Gasteiger partial charge in [-0.05, 0) is 52.3 Å². The van der Waals surface area contributed by atoms with E-state index in [0.29, 0.717) is 17.5 Å². The quantitative estimate of drug-likeness (QED) is 0.807. The number of nitrogens with two attached hydrogens (primary N) is 1. The van der Waals surface area contributed by atoms with E-state index in [-0.39, 0.29) is 12.1 Å². The highest BCUT2D eigenvalue weighted by atomic mass is 32.1. The van der Waals surface area contributed by atoms with Crippen molar-refractivity contribution in [2.45, 2.75) is 58.4 Å². The molecule has 1 unspecified atom stereocenters. The number of nitrogens with zero attached hydrogens (tertiary/aromatic N) is 1. The molecule has 1 aromatic heterocycles. The van der Waals surface area contributed by atoms with Gasteiger partial charge in [0.25, 0.3) is 11.8 Å². The second-order valence-corrected chi connectivity index (χ2v) is 9.54. The first-order valence-corrected chi connectivity index (χ1v) is 10.2. The third-order valence-corrected chi connectivity index (χ3v) is 6.81. The van der Waals surface area contributed by atoms with Crippen molar-refractivity contribution in [1.82, 2.24) is 5.32 Å². The van der Waals surface area contributed by atoms with Gasteiger partial charge in [-0.15, -0.1) is 11.3 Å². The number of fused-ring (bicyclic) bond motifs is 2. The fourth-order valence-corrected chi connectivity index (χ4v) is 5.89. The molecule has 2 aliphatic rings. The first-order valence-electron chi connectivity index (χ1n) is 9.37. The number of para-hydroxylation sites is 1. The van der Waals surface area contributed by atoms with Crippen LogP contribution in [-0.4, -0.2) is 23.6 Å². The number of hydrogen-bond acceptors (Lipinski definition) is 5. The molecule has 0 radical (unpaired) electrons. The summed E-state index contributed by atoms with van der Waals surface area (Å²) in [6.07, 6.45) is 0.300. The monoisotopic (exact) mass is 399 g/mol. The van der Waals surface area contributed by atoms with Gasteiger partial charge >= 0.3 is 0 Å². The molecule has 148 valence electrons. The van der Waals surface area contributed by atoms with E-state index in [2.05, 4.69) is 5.32 Å². The number of nitrogens with one attached hydrogen (secondary N) is 1. The number of anilines is 2. The molecule has 2 aromatic rings. The molecule has 1 aromatic carbocycles. The molecule has 4 rings (SSSR count). The van der Waals surface area contributed by atoms with Crippen molar-refractivity contribution in [1.29, 1.82) is 0 Å². The van der Waals surface area contributed by atoms with Crippen LogP contribution in [0.25, 0.3) is 0 Å². The van der Waals surface area contributed by atoms with Crippen molar-refractivity contribution < 1.29 is 14.3 Å². The minimum atomic E-state index is -0.536. The number of benzene rings is 1. The number of hydrogen-bond donors (Lipinski definition) is 2. The average Bonchev–Trinajstić information content (AvgIpc) is 2.93. The normalized spacial score (nSPS) is 22.2. The van der Waals surface area contributed by atoms with Crippen LogP contribution in [0.5, 0.6) is 0 Å². The van der Waals surface area contributed by atoms with Crippen LogP contribution in [0, 0.1) is 0 Å². The van der Waals surface area contributed by atoms with Crippen LogP contribution in [0.4, 0.5) is 10.7 Å². The highest BCUT2D eigenvalue weighted by Crippen LogP contribution is 2.51. The molecular formula is C21H25N3O3S. The Bertz CT molecular complexity index is 993. The lowest BCUT2D eigenvalue weighted by Crippen LogP contribution is -2.49. The summed E-state index contributed by atoms with van der Waals surface area (Å²) in [5, 5.41) is 3.73. The highest BCUT2D eigenvalue weighted by Gasteiger charge is 2.44. The van der Waals surface area contributed by atoms with Gasteiger partial charge < -0.3 is 20.7 Å². The van der Waals surface area contributed by atoms with Gasteiger partial charge in [0.15, 0.2) is 0 Å². The van der Waals surface area contributed by atoms with Crippen LogP contribution in [0.3, 0.4) is 0 Å². The number of amides is 2. The van der Waals surface area contributed by atoms with Gasteiger partial charge in [0, 0.05) is 11.3 Å². The predicted molar refractivity (Wildman–Crippen MR) is 110 cm³/mol. The summed E-state index contributed by atoms with van der Waals surface area (Å²) in [6.45, 7) is 10.0. The van der Waals surface area contributed by atoms with Crippen molar-refractivity contribution in [2.24, 2.45) is 5.73 Å². The zero-order valence-electron chi connectivity index (χ0n) is 16.8. The van der Waals surface area contributed by atoms with Gasteiger partial charge in [-0.25, -0.2) is 0 Å². The van der Waals surface area contributed by atoms with Gasteiger partial charge in [0.1, 0.15) is 11.2 Å². The molecule has 1 atom stereocenters. The van der Waals surface area contributed by atoms with E-state index < -0.39 is 17.1 Å². The Morgan fingerprint density at radius 2 is 1.96 bits per heavy atom. The zero-order valence-corrected chi connectivity index (χ0v) is 17.6. The molecule has 0 saturated carbocycles.